The van der Waals surface area contributed by atoms with Crippen molar-refractivity contribution in [1.82, 2.24) is 20.2 Å². The van der Waals surface area contributed by atoms with Crippen LogP contribution in [-0.4, -0.2) is 39.9 Å². The van der Waals surface area contributed by atoms with Crippen LogP contribution in [0, 0.1) is 13.8 Å². The van der Waals surface area contributed by atoms with Gasteiger partial charge in [-0.05, 0) is 57.3 Å². The number of amides is 1. The number of halogens is 1. The number of benzene rings is 1. The van der Waals surface area contributed by atoms with Crippen LogP contribution in [0.15, 0.2) is 36.9 Å². The summed E-state index contributed by atoms with van der Waals surface area (Å²) >= 11 is 0. The maximum Gasteiger partial charge on any atom is 0.227 e. The van der Waals surface area contributed by atoms with Gasteiger partial charge in [-0.1, -0.05) is 23.8 Å². The van der Waals surface area contributed by atoms with Gasteiger partial charge >= 0.3 is 0 Å². The van der Waals surface area contributed by atoms with Gasteiger partial charge in [-0.2, -0.15) is 0 Å². The molecule has 5 nitrogen and oxygen atoms in total. The van der Waals surface area contributed by atoms with Crippen molar-refractivity contribution in [3.05, 3.63) is 59.2 Å². The highest BCUT2D eigenvalue weighted by molar-refractivity contribution is 5.85. The molecular weight excluding hydrogens is 360 g/mol. The lowest BCUT2D eigenvalue weighted by molar-refractivity contribution is -0.133. The predicted octanol–water partition coefficient (Wildman–Crippen LogP) is 3.23. The first-order valence-corrected chi connectivity index (χ1v) is 9.43. The lowest BCUT2D eigenvalue weighted by Crippen LogP contribution is -2.41. The summed E-state index contributed by atoms with van der Waals surface area (Å²) in [6.07, 6.45) is 8.72. The molecule has 6 heteroatoms. The number of hydrogen-bond donors (Lipinski definition) is 1. The Bertz CT molecular complexity index is 730. The van der Waals surface area contributed by atoms with E-state index < -0.39 is 0 Å². The van der Waals surface area contributed by atoms with E-state index in [1.165, 1.54) is 17.5 Å². The van der Waals surface area contributed by atoms with Gasteiger partial charge in [-0.25, -0.2) is 9.97 Å². The average molecular weight is 389 g/mol. The Balaban J connectivity index is 0.00000261. The molecule has 1 aliphatic rings. The molecule has 1 aromatic carbocycles. The Morgan fingerprint density at radius 3 is 2.74 bits per heavy atom. The van der Waals surface area contributed by atoms with E-state index in [9.17, 15) is 4.79 Å². The van der Waals surface area contributed by atoms with Gasteiger partial charge in [-0.15, -0.1) is 12.4 Å². The standard InChI is InChI=1S/C21H28N4O.ClH/c1-16-5-6-17(2)19(10-16)11-21(26)25(14-18-12-23-15-24-13-18)20-4-3-8-22-9-7-20;/h5-6,10,12-13,15,20,22H,3-4,7-9,11,14H2,1-2H3;1H. The summed E-state index contributed by atoms with van der Waals surface area (Å²) < 4.78 is 0. The molecule has 1 aliphatic heterocycles. The largest absolute Gasteiger partial charge is 0.335 e. The molecule has 0 saturated carbocycles. The summed E-state index contributed by atoms with van der Waals surface area (Å²) in [5.74, 6) is 0.189. The third kappa shape index (κ3) is 6.01. The normalized spacial score (nSPS) is 16.9. The molecule has 1 atom stereocenters. The Morgan fingerprint density at radius 2 is 1.96 bits per heavy atom. The van der Waals surface area contributed by atoms with Crippen molar-refractivity contribution in [3.63, 3.8) is 0 Å². The van der Waals surface area contributed by atoms with E-state index in [0.29, 0.717) is 13.0 Å². The predicted molar refractivity (Wildman–Crippen MR) is 110 cm³/mol. The van der Waals surface area contributed by atoms with Crippen LogP contribution in [-0.2, 0) is 17.8 Å². The van der Waals surface area contributed by atoms with Crippen molar-refractivity contribution < 1.29 is 4.79 Å². The third-order valence-corrected chi connectivity index (χ3v) is 5.12. The van der Waals surface area contributed by atoms with Gasteiger partial charge in [0.2, 0.25) is 5.91 Å². The van der Waals surface area contributed by atoms with E-state index >= 15 is 0 Å². The SMILES string of the molecule is Cc1ccc(C)c(CC(=O)N(Cc2cncnc2)C2CCCNCC2)c1.Cl. The number of nitrogens with one attached hydrogen (secondary N) is 1. The molecule has 0 aliphatic carbocycles. The Morgan fingerprint density at radius 1 is 1.19 bits per heavy atom. The van der Waals surface area contributed by atoms with Gasteiger partial charge < -0.3 is 10.2 Å². The number of hydrogen-bond acceptors (Lipinski definition) is 4. The monoisotopic (exact) mass is 388 g/mol. The fraction of sp³-hybridized carbons (Fsp3) is 0.476. The van der Waals surface area contributed by atoms with Crippen LogP contribution >= 0.6 is 12.4 Å². The third-order valence-electron chi connectivity index (χ3n) is 5.12. The zero-order valence-electron chi connectivity index (χ0n) is 16.1. The van der Waals surface area contributed by atoms with Gasteiger partial charge in [0.05, 0.1) is 6.42 Å². The summed E-state index contributed by atoms with van der Waals surface area (Å²) in [7, 11) is 0. The molecule has 2 heterocycles. The topological polar surface area (TPSA) is 58.1 Å². The zero-order valence-corrected chi connectivity index (χ0v) is 17.0. The van der Waals surface area contributed by atoms with E-state index in [-0.39, 0.29) is 24.4 Å². The molecule has 3 rings (SSSR count). The molecule has 1 N–H and O–H groups in total. The molecule has 1 fully saturated rings. The van der Waals surface area contributed by atoms with E-state index in [4.69, 9.17) is 0 Å². The highest BCUT2D eigenvalue weighted by atomic mass is 35.5. The minimum absolute atomic E-state index is 0. The van der Waals surface area contributed by atoms with Crippen molar-refractivity contribution in [2.24, 2.45) is 0 Å². The van der Waals surface area contributed by atoms with Crippen molar-refractivity contribution in [2.75, 3.05) is 13.1 Å². The molecular formula is C21H29ClN4O. The molecule has 146 valence electrons. The fourth-order valence-corrected chi connectivity index (χ4v) is 3.60. The summed E-state index contributed by atoms with van der Waals surface area (Å²) in [6, 6.07) is 6.59. The lowest BCUT2D eigenvalue weighted by atomic mass is 10.0. The highest BCUT2D eigenvalue weighted by Crippen LogP contribution is 2.20. The minimum atomic E-state index is 0. The smallest absolute Gasteiger partial charge is 0.227 e. The van der Waals surface area contributed by atoms with Gasteiger partial charge in [0.1, 0.15) is 6.33 Å². The Kier molecular flexibility index (Phi) is 8.20. The van der Waals surface area contributed by atoms with Gasteiger partial charge in [0.25, 0.3) is 0 Å². The molecule has 27 heavy (non-hydrogen) atoms. The second kappa shape index (κ2) is 10.4. The van der Waals surface area contributed by atoms with E-state index in [2.05, 4.69) is 47.3 Å². The second-order valence-electron chi connectivity index (χ2n) is 7.21. The molecule has 0 spiro atoms. The molecule has 2 aromatic rings. The average Bonchev–Trinajstić information content (AvgIpc) is 2.93. The maximum absolute atomic E-state index is 13.3. The molecule has 0 radical (unpaired) electrons. The van der Waals surface area contributed by atoms with Gasteiger partial charge in [0, 0.05) is 30.5 Å². The molecule has 1 saturated heterocycles. The van der Waals surface area contributed by atoms with Gasteiger partial charge in [0.15, 0.2) is 0 Å². The van der Waals surface area contributed by atoms with Crippen LogP contribution in [0.2, 0.25) is 0 Å². The van der Waals surface area contributed by atoms with Crippen LogP contribution in [0.1, 0.15) is 41.5 Å². The number of aryl methyl sites for hydroxylation is 2. The van der Waals surface area contributed by atoms with Crippen LogP contribution in [0.5, 0.6) is 0 Å². The van der Waals surface area contributed by atoms with Crippen molar-refractivity contribution in [1.29, 1.82) is 0 Å². The van der Waals surface area contributed by atoms with Crippen LogP contribution in [0.4, 0.5) is 0 Å². The van der Waals surface area contributed by atoms with E-state index in [1.807, 2.05) is 4.90 Å². The second-order valence-corrected chi connectivity index (χ2v) is 7.21. The maximum atomic E-state index is 13.3. The van der Waals surface area contributed by atoms with Crippen LogP contribution in [0.25, 0.3) is 0 Å². The van der Waals surface area contributed by atoms with Crippen molar-refractivity contribution >= 4 is 18.3 Å². The molecule has 0 bridgehead atoms. The highest BCUT2D eigenvalue weighted by Gasteiger charge is 2.25. The molecule has 1 amide bonds. The fourth-order valence-electron chi connectivity index (χ4n) is 3.60. The van der Waals surface area contributed by atoms with Crippen LogP contribution < -0.4 is 5.32 Å². The Labute approximate surface area is 168 Å². The van der Waals surface area contributed by atoms with Gasteiger partial charge in [-0.3, -0.25) is 4.79 Å². The number of rotatable bonds is 5. The molecule has 1 aromatic heterocycles. The summed E-state index contributed by atoms with van der Waals surface area (Å²) in [5, 5.41) is 3.44. The van der Waals surface area contributed by atoms with Crippen molar-refractivity contribution in [3.8, 4) is 0 Å². The van der Waals surface area contributed by atoms with Crippen LogP contribution in [0.3, 0.4) is 0 Å². The quantitative estimate of drug-likeness (QED) is 0.854. The summed E-state index contributed by atoms with van der Waals surface area (Å²) in [5.41, 5.74) is 4.48. The zero-order chi connectivity index (χ0) is 18.4. The summed E-state index contributed by atoms with van der Waals surface area (Å²) in [6.45, 7) is 6.72. The first kappa shape index (κ1) is 21.3. The number of aromatic nitrogens is 2. The molecule has 1 unspecified atom stereocenters. The first-order valence-electron chi connectivity index (χ1n) is 9.43. The number of carbonyl (C=O) groups excluding carboxylic acids is 1. The van der Waals surface area contributed by atoms with E-state index in [1.54, 1.807) is 12.4 Å². The first-order chi connectivity index (χ1) is 12.6. The summed E-state index contributed by atoms with van der Waals surface area (Å²) in [4.78, 5) is 23.5. The minimum Gasteiger partial charge on any atom is -0.335 e. The van der Waals surface area contributed by atoms with Crippen molar-refractivity contribution in [2.45, 2.75) is 52.1 Å². The van der Waals surface area contributed by atoms with E-state index in [0.717, 1.165) is 43.5 Å². The number of carbonyl (C=O) groups is 1. The Hall–Kier alpha value is -1.98. The number of nitrogens with zero attached hydrogens (tertiary/aromatic N) is 3. The lowest BCUT2D eigenvalue weighted by Gasteiger charge is -2.31.